The van der Waals surface area contributed by atoms with E-state index in [0.717, 1.165) is 12.8 Å². The summed E-state index contributed by atoms with van der Waals surface area (Å²) in [5.41, 5.74) is 0.934. The largest absolute Gasteiger partial charge is 0.294 e. The molecule has 0 N–H and O–H groups in total. The predicted molar refractivity (Wildman–Crippen MR) is 73.1 cm³/mol. The summed E-state index contributed by atoms with van der Waals surface area (Å²) >= 11 is 0. The lowest BCUT2D eigenvalue weighted by atomic mass is 9.88. The molecule has 2 fully saturated rings. The number of halogens is 1. The Morgan fingerprint density at radius 1 is 1.26 bits per heavy atom. The van der Waals surface area contributed by atoms with Gasteiger partial charge in [0.15, 0.2) is 5.78 Å². The second-order valence-electron chi connectivity index (χ2n) is 5.59. The summed E-state index contributed by atoms with van der Waals surface area (Å²) in [6.07, 6.45) is 3.36. The first-order chi connectivity index (χ1) is 9.08. The molecule has 0 amide bonds. The van der Waals surface area contributed by atoms with Gasteiger partial charge in [0, 0.05) is 32.8 Å². The number of hydrogen-bond donors (Lipinski definition) is 0. The minimum atomic E-state index is -0.748. The van der Waals surface area contributed by atoms with Crippen LogP contribution in [0.5, 0.6) is 0 Å². The number of Topliss-reactive ketones (excluding diaryl/α,β-unsaturated/α-hetero) is 1. The highest BCUT2D eigenvalue weighted by molar-refractivity contribution is 7.86. The van der Waals surface area contributed by atoms with Crippen molar-refractivity contribution in [3.8, 4) is 0 Å². The lowest BCUT2D eigenvalue weighted by Crippen LogP contribution is -2.32. The Morgan fingerprint density at radius 2 is 1.89 bits per heavy atom. The molecule has 2 nitrogen and oxygen atoms in total. The van der Waals surface area contributed by atoms with E-state index in [1.165, 1.54) is 6.07 Å². The molecule has 102 valence electrons. The van der Waals surface area contributed by atoms with Crippen LogP contribution in [0.4, 0.5) is 4.39 Å². The van der Waals surface area contributed by atoms with Gasteiger partial charge in [-0.1, -0.05) is 12.1 Å². The number of fused-ring (bicyclic) bond motifs is 2. The molecule has 19 heavy (non-hydrogen) atoms. The molecule has 3 rings (SSSR count). The number of benzene rings is 1. The van der Waals surface area contributed by atoms with Gasteiger partial charge in [-0.05, 0) is 44.2 Å². The van der Waals surface area contributed by atoms with E-state index in [-0.39, 0.29) is 28.0 Å². The van der Waals surface area contributed by atoms with Gasteiger partial charge in [0.2, 0.25) is 0 Å². The molecule has 0 saturated carbocycles. The van der Waals surface area contributed by atoms with Gasteiger partial charge in [0.05, 0.1) is 0 Å². The number of hydrogen-bond acceptors (Lipinski definition) is 2. The fourth-order valence-corrected chi connectivity index (χ4v) is 5.47. The molecule has 1 aromatic carbocycles. The van der Waals surface area contributed by atoms with Crippen LogP contribution in [0.1, 0.15) is 41.6 Å². The van der Waals surface area contributed by atoms with E-state index in [0.29, 0.717) is 24.0 Å². The highest BCUT2D eigenvalue weighted by atomic mass is 32.2. The molecule has 1 aromatic rings. The second kappa shape index (κ2) is 4.82. The third-order valence-corrected chi connectivity index (χ3v) is 6.64. The highest BCUT2D eigenvalue weighted by Crippen LogP contribution is 2.40. The van der Waals surface area contributed by atoms with Gasteiger partial charge >= 0.3 is 0 Å². The van der Waals surface area contributed by atoms with Crippen molar-refractivity contribution in [3.05, 3.63) is 35.1 Å². The van der Waals surface area contributed by atoms with Crippen LogP contribution in [0.3, 0.4) is 0 Å². The van der Waals surface area contributed by atoms with E-state index in [1.807, 2.05) is 0 Å². The summed E-state index contributed by atoms with van der Waals surface area (Å²) in [7, 11) is -0.748. The van der Waals surface area contributed by atoms with Crippen LogP contribution in [-0.2, 0) is 10.8 Å². The zero-order chi connectivity index (χ0) is 13.6. The molecule has 2 aliphatic heterocycles. The second-order valence-corrected chi connectivity index (χ2v) is 7.59. The van der Waals surface area contributed by atoms with E-state index in [1.54, 1.807) is 19.1 Å². The van der Waals surface area contributed by atoms with E-state index in [4.69, 9.17) is 0 Å². The lowest BCUT2D eigenvalue weighted by molar-refractivity contribution is 0.0905. The first-order valence-electron chi connectivity index (χ1n) is 6.76. The molecular weight excluding hydrogens is 263 g/mol. The minimum Gasteiger partial charge on any atom is -0.294 e. The zero-order valence-corrected chi connectivity index (χ0v) is 11.7. The molecule has 2 aliphatic rings. The van der Waals surface area contributed by atoms with Gasteiger partial charge in [0.1, 0.15) is 5.82 Å². The number of rotatable bonds is 2. The quantitative estimate of drug-likeness (QED) is 0.780. The van der Waals surface area contributed by atoms with E-state index < -0.39 is 10.8 Å². The lowest BCUT2D eigenvalue weighted by Gasteiger charge is -2.26. The Bertz CT molecular complexity index is 539. The molecule has 2 saturated heterocycles. The molecular formula is C15H17FO2S. The molecule has 0 radical (unpaired) electrons. The number of carbonyl (C=O) groups is 1. The van der Waals surface area contributed by atoms with Gasteiger partial charge in [-0.3, -0.25) is 9.00 Å². The molecule has 2 bridgehead atoms. The monoisotopic (exact) mass is 280 g/mol. The maximum Gasteiger partial charge on any atom is 0.166 e. The van der Waals surface area contributed by atoms with E-state index in [2.05, 4.69) is 0 Å². The smallest absolute Gasteiger partial charge is 0.166 e. The minimum absolute atomic E-state index is 0.0330. The fourth-order valence-electron chi connectivity index (χ4n) is 3.34. The van der Waals surface area contributed by atoms with Gasteiger partial charge in [-0.25, -0.2) is 4.39 Å². The van der Waals surface area contributed by atoms with Crippen molar-refractivity contribution < 1.29 is 13.4 Å². The number of ketones is 1. The Kier molecular flexibility index (Phi) is 3.29. The van der Waals surface area contributed by atoms with E-state index >= 15 is 0 Å². The Morgan fingerprint density at radius 3 is 2.53 bits per heavy atom. The topological polar surface area (TPSA) is 34.1 Å². The SMILES string of the molecule is Cc1c(F)cccc1C(=O)C1CC2CCC(C1)S2=O. The Labute approximate surface area is 114 Å². The van der Waals surface area contributed by atoms with Crippen LogP contribution in [0.15, 0.2) is 18.2 Å². The molecule has 0 spiro atoms. The standard InChI is InChI=1S/C15H17FO2S/c1-9-13(3-2-4-14(9)16)15(17)10-7-11-5-6-12(8-10)19(11)18/h2-4,10-12H,5-8H2,1H3. The molecule has 2 atom stereocenters. The van der Waals surface area contributed by atoms with Crippen molar-refractivity contribution in [1.82, 2.24) is 0 Å². The average molecular weight is 280 g/mol. The van der Waals surface area contributed by atoms with E-state index in [9.17, 15) is 13.4 Å². The summed E-state index contributed by atoms with van der Waals surface area (Å²) in [4.78, 5) is 12.5. The maximum atomic E-state index is 13.5. The summed E-state index contributed by atoms with van der Waals surface area (Å²) < 4.78 is 25.5. The van der Waals surface area contributed by atoms with Crippen molar-refractivity contribution in [1.29, 1.82) is 0 Å². The molecule has 2 heterocycles. The van der Waals surface area contributed by atoms with Crippen molar-refractivity contribution in [3.63, 3.8) is 0 Å². The molecule has 4 heteroatoms. The zero-order valence-electron chi connectivity index (χ0n) is 10.9. The third kappa shape index (κ3) is 2.16. The van der Waals surface area contributed by atoms with Gasteiger partial charge in [-0.15, -0.1) is 0 Å². The van der Waals surface area contributed by atoms with Gasteiger partial charge in [-0.2, -0.15) is 0 Å². The Hall–Kier alpha value is -1.03. The average Bonchev–Trinajstić information content (AvgIpc) is 2.64. The molecule has 0 aromatic heterocycles. The summed E-state index contributed by atoms with van der Waals surface area (Å²) in [5.74, 6) is -0.366. The van der Waals surface area contributed by atoms with Crippen LogP contribution >= 0.6 is 0 Å². The van der Waals surface area contributed by atoms with Crippen LogP contribution in [0.25, 0.3) is 0 Å². The summed E-state index contributed by atoms with van der Waals surface area (Å²) in [5, 5.41) is 0.364. The molecule has 2 unspecified atom stereocenters. The fraction of sp³-hybridized carbons (Fsp3) is 0.533. The first kappa shape index (κ1) is 13.0. The van der Waals surface area contributed by atoms with Gasteiger partial charge in [0.25, 0.3) is 0 Å². The summed E-state index contributed by atoms with van der Waals surface area (Å²) in [6, 6.07) is 4.67. The van der Waals surface area contributed by atoms with Crippen molar-refractivity contribution in [2.45, 2.75) is 43.1 Å². The van der Waals surface area contributed by atoms with Crippen molar-refractivity contribution in [2.24, 2.45) is 5.92 Å². The number of carbonyl (C=O) groups excluding carboxylic acids is 1. The van der Waals surface area contributed by atoms with Crippen LogP contribution in [-0.4, -0.2) is 20.5 Å². The van der Waals surface area contributed by atoms with Crippen molar-refractivity contribution in [2.75, 3.05) is 0 Å². The van der Waals surface area contributed by atoms with Crippen molar-refractivity contribution >= 4 is 16.6 Å². The first-order valence-corrected chi connectivity index (χ1v) is 8.04. The molecule has 0 aliphatic carbocycles. The third-order valence-electron chi connectivity index (χ3n) is 4.47. The predicted octanol–water partition coefficient (Wildman–Crippen LogP) is 3.01. The van der Waals surface area contributed by atoms with Crippen LogP contribution < -0.4 is 0 Å². The summed E-state index contributed by atoms with van der Waals surface area (Å²) in [6.45, 7) is 1.65. The Balaban J connectivity index is 1.85. The highest BCUT2D eigenvalue weighted by Gasteiger charge is 2.43. The normalized spacial score (nSPS) is 33.4. The van der Waals surface area contributed by atoms with Gasteiger partial charge < -0.3 is 0 Å². The van der Waals surface area contributed by atoms with Crippen LogP contribution in [0, 0.1) is 18.7 Å². The maximum absolute atomic E-state index is 13.5. The van der Waals surface area contributed by atoms with Crippen LogP contribution in [0.2, 0.25) is 0 Å².